The van der Waals surface area contributed by atoms with E-state index in [1.54, 1.807) is 24.3 Å². The molecule has 1 N–H and O–H groups in total. The molecule has 2 aromatic carbocycles. The Hall–Kier alpha value is -2.11. The van der Waals surface area contributed by atoms with Crippen LogP contribution in [0.2, 0.25) is 5.02 Å². The summed E-state index contributed by atoms with van der Waals surface area (Å²) in [6.07, 6.45) is 0. The molecule has 1 aliphatic rings. The molecule has 0 aliphatic carbocycles. The van der Waals surface area contributed by atoms with Gasteiger partial charge in [-0.1, -0.05) is 59.6 Å². The van der Waals surface area contributed by atoms with Crippen molar-refractivity contribution in [1.29, 1.82) is 0 Å². The summed E-state index contributed by atoms with van der Waals surface area (Å²) in [5, 5.41) is 3.71. The third kappa shape index (κ3) is 3.84. The molecule has 6 heteroatoms. The van der Waals surface area contributed by atoms with Gasteiger partial charge in [-0.05, 0) is 41.8 Å². The Balaban J connectivity index is 2.06. The van der Waals surface area contributed by atoms with Gasteiger partial charge in [0, 0.05) is 21.7 Å². The minimum absolute atomic E-state index is 0.180. The molecular weight excluding hydrogens is 416 g/mol. The van der Waals surface area contributed by atoms with Crippen molar-refractivity contribution >= 4 is 50.6 Å². The van der Waals surface area contributed by atoms with E-state index in [1.807, 2.05) is 38.1 Å². The van der Waals surface area contributed by atoms with Gasteiger partial charge in [-0.3, -0.25) is 14.5 Å². The predicted octanol–water partition coefficient (Wildman–Crippen LogP) is 4.95. The van der Waals surface area contributed by atoms with Crippen LogP contribution in [0.1, 0.15) is 19.4 Å². The number of carbonyl (C=O) groups excluding carboxylic acids is 2. The molecule has 26 heavy (non-hydrogen) atoms. The number of benzene rings is 2. The predicted molar refractivity (Wildman–Crippen MR) is 108 cm³/mol. The number of rotatable bonds is 5. The summed E-state index contributed by atoms with van der Waals surface area (Å²) in [6, 6.07) is 14.4. The third-order valence-electron chi connectivity index (χ3n) is 3.94. The number of hydrogen-bond donors (Lipinski definition) is 1. The fourth-order valence-electron chi connectivity index (χ4n) is 2.82. The summed E-state index contributed by atoms with van der Waals surface area (Å²) in [7, 11) is 0. The first-order valence-electron chi connectivity index (χ1n) is 8.26. The molecule has 0 aromatic heterocycles. The molecule has 1 aliphatic heterocycles. The Morgan fingerprint density at radius 2 is 1.77 bits per heavy atom. The maximum Gasteiger partial charge on any atom is 0.278 e. The molecule has 0 spiro atoms. The van der Waals surface area contributed by atoms with Gasteiger partial charge in [0.05, 0.1) is 5.57 Å². The number of halogens is 2. The fourth-order valence-corrected chi connectivity index (χ4v) is 3.34. The average molecular weight is 434 g/mol. The third-order valence-corrected chi connectivity index (χ3v) is 4.69. The van der Waals surface area contributed by atoms with Crippen LogP contribution in [-0.4, -0.2) is 23.3 Å². The number of anilines is 1. The molecule has 0 atom stereocenters. The van der Waals surface area contributed by atoms with Crippen molar-refractivity contribution in [3.63, 3.8) is 0 Å². The molecule has 4 nitrogen and oxygen atoms in total. The van der Waals surface area contributed by atoms with Crippen molar-refractivity contribution in [1.82, 2.24) is 4.90 Å². The summed E-state index contributed by atoms with van der Waals surface area (Å²) in [5.74, 6) is -0.420. The summed E-state index contributed by atoms with van der Waals surface area (Å²) < 4.78 is 0.881. The number of imide groups is 1. The second-order valence-corrected chi connectivity index (χ2v) is 7.86. The smallest absolute Gasteiger partial charge is 0.278 e. The standard InChI is InChI=1S/C20H18BrClN2O2/c1-12(2)11-24-19(25)17(13-6-8-15(22)9-7-13)18(20(24)26)23-16-5-3-4-14(21)10-16/h3-10,12,23H,11H2,1-2H3. The first kappa shape index (κ1) is 18.7. The molecule has 134 valence electrons. The SMILES string of the molecule is CC(C)CN1C(=O)C(Nc2cccc(Br)c2)=C(c2ccc(Cl)cc2)C1=O. The highest BCUT2D eigenvalue weighted by molar-refractivity contribution is 9.10. The fraction of sp³-hybridized carbons (Fsp3) is 0.200. The Kier molecular flexibility index (Phi) is 5.49. The van der Waals surface area contributed by atoms with Crippen molar-refractivity contribution in [3.05, 3.63) is 69.3 Å². The van der Waals surface area contributed by atoms with Gasteiger partial charge in [0.2, 0.25) is 0 Å². The summed E-state index contributed by atoms with van der Waals surface area (Å²) in [4.78, 5) is 27.2. The zero-order valence-corrected chi connectivity index (χ0v) is 16.8. The summed E-state index contributed by atoms with van der Waals surface area (Å²) >= 11 is 9.38. The van der Waals surface area contributed by atoms with Crippen molar-refractivity contribution in [2.24, 2.45) is 5.92 Å². The van der Waals surface area contributed by atoms with Crippen molar-refractivity contribution in [2.75, 3.05) is 11.9 Å². The minimum Gasteiger partial charge on any atom is -0.350 e. The van der Waals surface area contributed by atoms with Crippen LogP contribution in [0.5, 0.6) is 0 Å². The van der Waals surface area contributed by atoms with Crippen molar-refractivity contribution in [2.45, 2.75) is 13.8 Å². The highest BCUT2D eigenvalue weighted by atomic mass is 79.9. The second kappa shape index (κ2) is 7.64. The lowest BCUT2D eigenvalue weighted by Crippen LogP contribution is -2.35. The van der Waals surface area contributed by atoms with E-state index in [9.17, 15) is 9.59 Å². The molecule has 1 heterocycles. The molecule has 0 unspecified atom stereocenters. The Morgan fingerprint density at radius 3 is 2.38 bits per heavy atom. The van der Waals surface area contributed by atoms with E-state index >= 15 is 0 Å². The summed E-state index contributed by atoms with van der Waals surface area (Å²) in [5.41, 5.74) is 2.05. The molecule has 0 saturated heterocycles. The molecule has 0 fully saturated rings. The van der Waals surface area contributed by atoms with Gasteiger partial charge in [-0.15, -0.1) is 0 Å². The van der Waals surface area contributed by atoms with Crippen LogP contribution < -0.4 is 5.32 Å². The molecule has 0 saturated carbocycles. The van der Waals surface area contributed by atoms with Gasteiger partial charge in [-0.25, -0.2) is 0 Å². The van der Waals surface area contributed by atoms with E-state index < -0.39 is 0 Å². The maximum atomic E-state index is 13.0. The van der Waals surface area contributed by atoms with Gasteiger partial charge < -0.3 is 5.32 Å². The van der Waals surface area contributed by atoms with Gasteiger partial charge >= 0.3 is 0 Å². The van der Waals surface area contributed by atoms with Crippen LogP contribution in [0.4, 0.5) is 5.69 Å². The molecule has 2 amide bonds. The first-order chi connectivity index (χ1) is 12.4. The zero-order chi connectivity index (χ0) is 18.8. The molecule has 0 radical (unpaired) electrons. The highest BCUT2D eigenvalue weighted by Crippen LogP contribution is 2.32. The Morgan fingerprint density at radius 1 is 1.08 bits per heavy atom. The van der Waals surface area contributed by atoms with Gasteiger partial charge in [-0.2, -0.15) is 0 Å². The molecule has 0 bridgehead atoms. The monoisotopic (exact) mass is 432 g/mol. The van der Waals surface area contributed by atoms with E-state index in [0.717, 1.165) is 10.2 Å². The van der Waals surface area contributed by atoms with Crippen LogP contribution in [0.15, 0.2) is 58.7 Å². The summed E-state index contributed by atoms with van der Waals surface area (Å²) in [6.45, 7) is 4.32. The second-order valence-electron chi connectivity index (χ2n) is 6.51. The number of hydrogen-bond acceptors (Lipinski definition) is 3. The quantitative estimate of drug-likeness (QED) is 0.679. The van der Waals surface area contributed by atoms with Crippen LogP contribution in [0.25, 0.3) is 5.57 Å². The first-order valence-corrected chi connectivity index (χ1v) is 9.43. The number of nitrogens with zero attached hydrogens (tertiary/aromatic N) is 1. The molecular formula is C20H18BrClN2O2. The van der Waals surface area contributed by atoms with Crippen LogP contribution in [0.3, 0.4) is 0 Å². The van der Waals surface area contributed by atoms with E-state index in [2.05, 4.69) is 21.2 Å². The molecule has 3 rings (SSSR count). The largest absolute Gasteiger partial charge is 0.350 e. The lowest BCUT2D eigenvalue weighted by molar-refractivity contribution is -0.137. The average Bonchev–Trinajstić information content (AvgIpc) is 2.80. The van der Waals surface area contributed by atoms with E-state index in [4.69, 9.17) is 11.6 Å². The van der Waals surface area contributed by atoms with Gasteiger partial charge in [0.15, 0.2) is 0 Å². The highest BCUT2D eigenvalue weighted by Gasteiger charge is 2.39. The van der Waals surface area contributed by atoms with Gasteiger partial charge in [0.25, 0.3) is 11.8 Å². The molecule has 2 aromatic rings. The maximum absolute atomic E-state index is 13.0. The topological polar surface area (TPSA) is 49.4 Å². The lowest BCUT2D eigenvalue weighted by atomic mass is 10.0. The van der Waals surface area contributed by atoms with Crippen LogP contribution in [0, 0.1) is 5.92 Å². The number of amides is 2. The van der Waals surface area contributed by atoms with E-state index in [0.29, 0.717) is 22.7 Å². The number of carbonyl (C=O) groups is 2. The normalized spacial score (nSPS) is 14.6. The van der Waals surface area contributed by atoms with Crippen LogP contribution in [-0.2, 0) is 9.59 Å². The van der Waals surface area contributed by atoms with Crippen molar-refractivity contribution in [3.8, 4) is 0 Å². The Labute approximate surface area is 166 Å². The number of nitrogens with one attached hydrogen (secondary N) is 1. The van der Waals surface area contributed by atoms with Crippen LogP contribution >= 0.6 is 27.5 Å². The lowest BCUT2D eigenvalue weighted by Gasteiger charge is -2.17. The van der Waals surface area contributed by atoms with Crippen molar-refractivity contribution < 1.29 is 9.59 Å². The van der Waals surface area contributed by atoms with E-state index in [-0.39, 0.29) is 23.4 Å². The zero-order valence-electron chi connectivity index (χ0n) is 14.4. The Bertz CT molecular complexity index is 891. The minimum atomic E-state index is -0.311. The van der Waals surface area contributed by atoms with E-state index in [1.165, 1.54) is 4.90 Å². The van der Waals surface area contributed by atoms with Gasteiger partial charge in [0.1, 0.15) is 5.70 Å².